The molecule has 1 heterocycles. The molecule has 1 fully saturated rings. The van der Waals surface area contributed by atoms with Crippen LogP contribution in [0.1, 0.15) is 258 Å². The van der Waals surface area contributed by atoms with Gasteiger partial charge in [-0.3, -0.25) is 9.59 Å². The fourth-order valence-corrected chi connectivity index (χ4v) is 8.77. The highest BCUT2D eigenvalue weighted by molar-refractivity contribution is 5.80. The normalized spacial score (nSPS) is 20.3. The molecule has 65 heavy (non-hydrogen) atoms. The van der Waals surface area contributed by atoms with Crippen LogP contribution in [0.4, 0.5) is 0 Å². The van der Waals surface area contributed by atoms with Crippen LogP contribution < -0.4 is 5.32 Å². The topological polar surface area (TPSA) is 175 Å². The molecule has 0 aliphatic carbocycles. The summed E-state index contributed by atoms with van der Waals surface area (Å²) in [5.74, 6) is -1.18. The van der Waals surface area contributed by atoms with Crippen LogP contribution in [0, 0.1) is 0 Å². The van der Waals surface area contributed by atoms with Crippen LogP contribution in [-0.4, -0.2) is 99.6 Å². The fourth-order valence-electron chi connectivity index (χ4n) is 8.77. The smallest absolute Gasteiger partial charge is 0.306 e. The molecule has 0 radical (unpaired) electrons. The van der Waals surface area contributed by atoms with E-state index in [1.807, 2.05) is 6.08 Å². The molecule has 8 atom stereocenters. The lowest BCUT2D eigenvalue weighted by molar-refractivity contribution is -0.305. The van der Waals surface area contributed by atoms with Gasteiger partial charge in [0.1, 0.15) is 24.4 Å². The summed E-state index contributed by atoms with van der Waals surface area (Å²) in [6.07, 6.45) is 35.5. The average Bonchev–Trinajstić information content (AvgIpc) is 3.30. The monoisotopic (exact) mass is 926 g/mol. The second-order valence-electron chi connectivity index (χ2n) is 19.3. The maximum atomic E-state index is 13.3. The van der Waals surface area contributed by atoms with Crippen LogP contribution in [0.25, 0.3) is 0 Å². The standard InChI is InChI=1S/C54H103NO10/c1-4-7-10-13-16-19-22-24-27-29-32-35-38-41-47(58)53(62)55-45(46(57)40-37-34-31-28-26-23-20-17-14-11-8-5-2)44-63-54-52(51(61)50(60)48(43-56)64-54)65-49(59)42-39-36-33-30-25-21-18-15-12-9-6-3/h37,40,45-48,50-52,54,56-58,60-61H,4-36,38-39,41-44H2,1-3H3,(H,55,62)/b40-37+. The van der Waals surface area contributed by atoms with E-state index in [0.717, 1.165) is 57.8 Å². The number of hydrogen-bond acceptors (Lipinski definition) is 10. The first-order chi connectivity index (χ1) is 31.7. The Balaban J connectivity index is 2.76. The molecule has 8 unspecified atom stereocenters. The molecule has 0 spiro atoms. The van der Waals surface area contributed by atoms with Gasteiger partial charge in [-0.2, -0.15) is 0 Å². The average molecular weight is 926 g/mol. The number of amides is 1. The van der Waals surface area contributed by atoms with Crippen LogP contribution in [0.2, 0.25) is 0 Å². The van der Waals surface area contributed by atoms with Gasteiger partial charge in [-0.1, -0.05) is 238 Å². The van der Waals surface area contributed by atoms with Gasteiger partial charge in [0.15, 0.2) is 12.4 Å². The Bertz CT molecular complexity index is 1110. The van der Waals surface area contributed by atoms with Gasteiger partial charge in [-0.15, -0.1) is 0 Å². The summed E-state index contributed by atoms with van der Waals surface area (Å²) in [4.78, 5) is 26.3. The molecule has 1 rings (SSSR count). The molecule has 1 aliphatic rings. The summed E-state index contributed by atoms with van der Waals surface area (Å²) in [6.45, 7) is 5.77. The van der Waals surface area contributed by atoms with Gasteiger partial charge < -0.3 is 45.1 Å². The summed E-state index contributed by atoms with van der Waals surface area (Å²) in [7, 11) is 0. The first-order valence-electron chi connectivity index (χ1n) is 27.5. The summed E-state index contributed by atoms with van der Waals surface area (Å²) in [5.41, 5.74) is 0. The Morgan fingerprint density at radius 2 is 1.00 bits per heavy atom. The number of aliphatic hydroxyl groups excluding tert-OH is 5. The van der Waals surface area contributed by atoms with Crippen molar-refractivity contribution in [3.8, 4) is 0 Å². The highest BCUT2D eigenvalue weighted by Gasteiger charge is 2.47. The molecule has 1 amide bonds. The highest BCUT2D eigenvalue weighted by Crippen LogP contribution is 2.26. The van der Waals surface area contributed by atoms with Crippen molar-refractivity contribution >= 4 is 11.9 Å². The summed E-state index contributed by atoms with van der Waals surface area (Å²) in [5, 5.41) is 56.6. The zero-order valence-corrected chi connectivity index (χ0v) is 42.1. The molecule has 384 valence electrons. The third-order valence-electron chi connectivity index (χ3n) is 13.2. The van der Waals surface area contributed by atoms with Gasteiger partial charge in [0.05, 0.1) is 25.4 Å². The molecular formula is C54H103NO10. The molecule has 11 heteroatoms. The Kier molecular flexibility index (Phi) is 41.3. The van der Waals surface area contributed by atoms with Crippen LogP contribution in [0.5, 0.6) is 0 Å². The number of nitrogens with one attached hydrogen (secondary N) is 1. The molecule has 1 aliphatic heterocycles. The molecule has 6 N–H and O–H groups in total. The minimum atomic E-state index is -1.60. The number of unbranched alkanes of at least 4 members (excludes halogenated alkanes) is 32. The lowest BCUT2D eigenvalue weighted by Crippen LogP contribution is -2.61. The van der Waals surface area contributed by atoms with E-state index in [-0.39, 0.29) is 13.0 Å². The molecular weight excluding hydrogens is 823 g/mol. The maximum absolute atomic E-state index is 13.3. The van der Waals surface area contributed by atoms with Gasteiger partial charge in [0, 0.05) is 6.42 Å². The van der Waals surface area contributed by atoms with E-state index in [1.165, 1.54) is 154 Å². The summed E-state index contributed by atoms with van der Waals surface area (Å²) in [6, 6.07) is -1.01. The second kappa shape index (κ2) is 43.7. The predicted octanol–water partition coefficient (Wildman–Crippen LogP) is 11.6. The van der Waals surface area contributed by atoms with Gasteiger partial charge in [-0.05, 0) is 25.7 Å². The second-order valence-corrected chi connectivity index (χ2v) is 19.3. The number of aliphatic hydroxyl groups is 5. The number of carbonyl (C=O) groups excluding carboxylic acids is 2. The summed E-state index contributed by atoms with van der Waals surface area (Å²) >= 11 is 0. The Morgan fingerprint density at radius 3 is 1.45 bits per heavy atom. The van der Waals surface area contributed by atoms with E-state index < -0.39 is 67.4 Å². The van der Waals surface area contributed by atoms with E-state index in [1.54, 1.807) is 6.08 Å². The molecule has 1 saturated heterocycles. The Hall–Kier alpha value is -1.60. The van der Waals surface area contributed by atoms with Gasteiger partial charge in [-0.25, -0.2) is 0 Å². The maximum Gasteiger partial charge on any atom is 0.306 e. The van der Waals surface area contributed by atoms with Crippen LogP contribution in [0.3, 0.4) is 0 Å². The first-order valence-corrected chi connectivity index (χ1v) is 27.5. The van der Waals surface area contributed by atoms with Crippen molar-refractivity contribution in [1.82, 2.24) is 5.32 Å². The van der Waals surface area contributed by atoms with E-state index >= 15 is 0 Å². The van der Waals surface area contributed by atoms with E-state index in [0.29, 0.717) is 19.3 Å². The van der Waals surface area contributed by atoms with E-state index in [4.69, 9.17) is 14.2 Å². The van der Waals surface area contributed by atoms with E-state index in [9.17, 15) is 35.1 Å². The Labute approximate surface area is 398 Å². The zero-order valence-electron chi connectivity index (χ0n) is 42.1. The third kappa shape index (κ3) is 32.7. The Morgan fingerprint density at radius 1 is 0.585 bits per heavy atom. The first kappa shape index (κ1) is 61.4. The molecule has 0 saturated carbocycles. The molecule has 0 aromatic carbocycles. The number of allylic oxidation sites excluding steroid dienone is 1. The number of rotatable bonds is 46. The summed E-state index contributed by atoms with van der Waals surface area (Å²) < 4.78 is 17.5. The molecule has 11 nitrogen and oxygen atoms in total. The highest BCUT2D eigenvalue weighted by atomic mass is 16.7. The molecule has 0 aromatic heterocycles. The number of carbonyl (C=O) groups is 2. The lowest BCUT2D eigenvalue weighted by Gasteiger charge is -2.41. The van der Waals surface area contributed by atoms with Crippen molar-refractivity contribution in [2.24, 2.45) is 0 Å². The predicted molar refractivity (Wildman–Crippen MR) is 265 cm³/mol. The van der Waals surface area contributed by atoms with Crippen molar-refractivity contribution in [1.29, 1.82) is 0 Å². The van der Waals surface area contributed by atoms with Gasteiger partial charge in [0.2, 0.25) is 5.91 Å². The number of esters is 1. The molecule has 0 bridgehead atoms. The SMILES string of the molecule is CCCCCCCCCCCC/C=C/C(O)C(COC1OC(CO)C(O)C(O)C1OC(=O)CCCCCCCCCCCCC)NC(=O)C(O)CCCCCCCCCCCCCCC. The van der Waals surface area contributed by atoms with Crippen LogP contribution in [-0.2, 0) is 23.8 Å². The molecule has 0 aromatic rings. The van der Waals surface area contributed by atoms with Gasteiger partial charge >= 0.3 is 5.97 Å². The third-order valence-corrected chi connectivity index (χ3v) is 13.2. The number of hydrogen-bond donors (Lipinski definition) is 6. The van der Waals surface area contributed by atoms with Crippen molar-refractivity contribution in [3.05, 3.63) is 12.2 Å². The van der Waals surface area contributed by atoms with Crippen molar-refractivity contribution < 1.29 is 49.3 Å². The number of ether oxygens (including phenoxy) is 3. The van der Waals surface area contributed by atoms with Gasteiger partial charge in [0.25, 0.3) is 0 Å². The van der Waals surface area contributed by atoms with Crippen molar-refractivity contribution in [2.45, 2.75) is 307 Å². The van der Waals surface area contributed by atoms with E-state index in [2.05, 4.69) is 26.1 Å². The van der Waals surface area contributed by atoms with Crippen LogP contribution >= 0.6 is 0 Å². The quantitative estimate of drug-likeness (QED) is 0.0196. The van der Waals surface area contributed by atoms with Crippen LogP contribution in [0.15, 0.2) is 12.2 Å². The lowest BCUT2D eigenvalue weighted by atomic mass is 9.99. The van der Waals surface area contributed by atoms with Crippen molar-refractivity contribution in [2.75, 3.05) is 13.2 Å². The zero-order chi connectivity index (χ0) is 47.6. The minimum absolute atomic E-state index is 0.130. The van der Waals surface area contributed by atoms with Crippen molar-refractivity contribution in [3.63, 3.8) is 0 Å². The largest absolute Gasteiger partial charge is 0.454 e. The minimum Gasteiger partial charge on any atom is -0.454 e. The fraction of sp³-hybridized carbons (Fsp3) is 0.926.